The quantitative estimate of drug-likeness (QED) is 0.598. The summed E-state index contributed by atoms with van der Waals surface area (Å²) in [5.41, 5.74) is 2.69. The zero-order chi connectivity index (χ0) is 22.8. The first-order chi connectivity index (χ1) is 15.4. The summed E-state index contributed by atoms with van der Waals surface area (Å²) in [7, 11) is 0. The van der Waals surface area contributed by atoms with Crippen molar-refractivity contribution in [2.75, 3.05) is 28.6 Å². The lowest BCUT2D eigenvalue weighted by Crippen LogP contribution is -2.31. The van der Waals surface area contributed by atoms with Gasteiger partial charge in [0.05, 0.1) is 28.1 Å². The van der Waals surface area contributed by atoms with E-state index in [0.29, 0.717) is 24.8 Å². The fraction of sp³-hybridized carbons (Fsp3) is 0.391. The van der Waals surface area contributed by atoms with E-state index in [1.807, 2.05) is 19.9 Å². The minimum Gasteiger partial charge on any atom is -0.370 e. The number of hydrogen-bond acceptors (Lipinski definition) is 3. The maximum absolute atomic E-state index is 14.0. The molecule has 1 aliphatic heterocycles. The number of imidazole rings is 1. The first-order valence-electron chi connectivity index (χ1n) is 11.0. The number of halogens is 2. The number of anilines is 3. The third-order valence-electron chi connectivity index (χ3n) is 5.89. The third kappa shape index (κ3) is 4.06. The van der Waals surface area contributed by atoms with E-state index in [0.717, 1.165) is 55.1 Å². The monoisotopic (exact) mass is 443 g/mol. The molecule has 1 aromatic heterocycles. The van der Waals surface area contributed by atoms with Crippen molar-refractivity contribution >= 4 is 34.1 Å². The van der Waals surface area contributed by atoms with Gasteiger partial charge in [0, 0.05) is 32.2 Å². The van der Waals surface area contributed by atoms with E-state index in [4.69, 9.17) is 0 Å². The Hall–Kier alpha value is -3.36. The van der Waals surface area contributed by atoms with Crippen LogP contribution in [-0.4, -0.2) is 28.3 Å². The highest BCUT2D eigenvalue weighted by atomic mass is 19.1. The number of aryl methyl sites for hydroxylation is 2. The number of nitrogens with one attached hydrogen (secondary N) is 2. The molecule has 1 fully saturated rings. The molecule has 2 aromatic carbocycles. The number of aromatic nitrogens is 2. The maximum Gasteiger partial charge on any atom is 0.329 e. The molecule has 1 saturated heterocycles. The highest BCUT2D eigenvalue weighted by Gasteiger charge is 2.21. The van der Waals surface area contributed by atoms with Gasteiger partial charge in [-0.05, 0) is 57.4 Å². The predicted molar refractivity (Wildman–Crippen MR) is 123 cm³/mol. The smallest absolute Gasteiger partial charge is 0.329 e. The van der Waals surface area contributed by atoms with Gasteiger partial charge in [-0.25, -0.2) is 18.4 Å². The van der Waals surface area contributed by atoms with Crippen molar-refractivity contribution in [3.63, 3.8) is 0 Å². The predicted octanol–water partition coefficient (Wildman–Crippen LogP) is 4.76. The van der Waals surface area contributed by atoms with Crippen LogP contribution in [0.5, 0.6) is 0 Å². The van der Waals surface area contributed by atoms with E-state index >= 15 is 0 Å². The van der Waals surface area contributed by atoms with Crippen LogP contribution in [0.15, 0.2) is 35.1 Å². The van der Waals surface area contributed by atoms with Gasteiger partial charge in [0.15, 0.2) is 0 Å². The zero-order valence-electron chi connectivity index (χ0n) is 18.3. The second kappa shape index (κ2) is 9.02. The molecule has 0 radical (unpaired) electrons. The summed E-state index contributed by atoms with van der Waals surface area (Å²) in [6.07, 6.45) is 3.24. The summed E-state index contributed by atoms with van der Waals surface area (Å²) in [4.78, 5) is 27.7. The Bertz CT molecular complexity index is 1210. The van der Waals surface area contributed by atoms with Crippen LogP contribution in [0.2, 0.25) is 0 Å². The molecule has 2 heterocycles. The lowest BCUT2D eigenvalue weighted by atomic mass is 10.1. The zero-order valence-corrected chi connectivity index (χ0v) is 18.3. The van der Waals surface area contributed by atoms with Gasteiger partial charge in [-0.1, -0.05) is 0 Å². The summed E-state index contributed by atoms with van der Waals surface area (Å²) in [6.45, 7) is 6.56. The van der Waals surface area contributed by atoms with E-state index in [1.54, 1.807) is 15.2 Å². The van der Waals surface area contributed by atoms with Crippen molar-refractivity contribution in [1.82, 2.24) is 9.13 Å². The third-order valence-corrected chi connectivity index (χ3v) is 5.89. The van der Waals surface area contributed by atoms with Crippen LogP contribution in [0.1, 0.15) is 33.1 Å². The first kappa shape index (κ1) is 21.9. The first-order valence-corrected chi connectivity index (χ1v) is 11.0. The normalized spacial score (nSPS) is 14.1. The Balaban J connectivity index is 1.75. The Labute approximate surface area is 184 Å². The number of amides is 2. The number of benzene rings is 2. The molecule has 0 atom stereocenters. The molecule has 32 heavy (non-hydrogen) atoms. The molecule has 3 aromatic rings. The van der Waals surface area contributed by atoms with Crippen LogP contribution >= 0.6 is 0 Å². The summed E-state index contributed by atoms with van der Waals surface area (Å²) >= 11 is 0. The number of urea groups is 1. The Morgan fingerprint density at radius 1 is 0.906 bits per heavy atom. The van der Waals surface area contributed by atoms with Crippen LogP contribution in [0.25, 0.3) is 11.0 Å². The molecular weight excluding hydrogens is 416 g/mol. The van der Waals surface area contributed by atoms with Crippen LogP contribution in [0.3, 0.4) is 0 Å². The van der Waals surface area contributed by atoms with Crippen molar-refractivity contribution in [3.05, 3.63) is 52.5 Å². The second-order valence-electron chi connectivity index (χ2n) is 7.88. The topological polar surface area (TPSA) is 71.3 Å². The molecular formula is C23H27F2N5O2. The molecule has 2 N–H and O–H groups in total. The van der Waals surface area contributed by atoms with Gasteiger partial charge in [0.25, 0.3) is 0 Å². The Morgan fingerprint density at radius 3 is 2.16 bits per heavy atom. The number of piperidine rings is 1. The fourth-order valence-electron chi connectivity index (χ4n) is 4.32. The van der Waals surface area contributed by atoms with Crippen molar-refractivity contribution in [2.45, 2.75) is 46.2 Å². The van der Waals surface area contributed by atoms with E-state index in [2.05, 4.69) is 15.5 Å². The molecule has 0 aliphatic carbocycles. The van der Waals surface area contributed by atoms with E-state index < -0.39 is 17.7 Å². The maximum atomic E-state index is 14.0. The Morgan fingerprint density at radius 2 is 1.53 bits per heavy atom. The number of carbonyl (C=O) groups excluding carboxylic acids is 1. The van der Waals surface area contributed by atoms with Crippen molar-refractivity contribution < 1.29 is 13.6 Å². The minimum absolute atomic E-state index is 0.0930. The minimum atomic E-state index is -0.855. The van der Waals surface area contributed by atoms with Crippen LogP contribution < -0.4 is 21.2 Å². The van der Waals surface area contributed by atoms with Crippen molar-refractivity contribution in [3.8, 4) is 0 Å². The van der Waals surface area contributed by atoms with Gasteiger partial charge in [0.2, 0.25) is 0 Å². The standard InChI is InChI=1S/C23H27F2N5O2/c1-3-29-20-13-18(27-22(31)26-17-9-8-15(24)12-16(17)25)19(28-10-6-5-7-11-28)14-21(20)30(4-2)23(29)32/h8-9,12-14H,3-7,10-11H2,1-2H3,(H2,26,27,31). The molecule has 170 valence electrons. The molecule has 2 amide bonds. The highest BCUT2D eigenvalue weighted by Crippen LogP contribution is 2.33. The van der Waals surface area contributed by atoms with Gasteiger partial charge in [-0.15, -0.1) is 0 Å². The number of hydrogen-bond donors (Lipinski definition) is 2. The van der Waals surface area contributed by atoms with Gasteiger partial charge in [-0.2, -0.15) is 0 Å². The van der Waals surface area contributed by atoms with Crippen LogP contribution in [0.4, 0.5) is 30.6 Å². The lowest BCUT2D eigenvalue weighted by molar-refractivity contribution is 0.262. The number of rotatable bonds is 5. The van der Waals surface area contributed by atoms with Crippen LogP contribution in [-0.2, 0) is 13.1 Å². The number of fused-ring (bicyclic) bond motifs is 1. The van der Waals surface area contributed by atoms with E-state index in [9.17, 15) is 18.4 Å². The molecule has 9 heteroatoms. The molecule has 0 bridgehead atoms. The van der Waals surface area contributed by atoms with Crippen molar-refractivity contribution in [1.29, 1.82) is 0 Å². The average Bonchev–Trinajstić information content (AvgIpc) is 3.05. The van der Waals surface area contributed by atoms with Gasteiger partial charge >= 0.3 is 11.7 Å². The molecule has 0 unspecified atom stereocenters. The molecule has 7 nitrogen and oxygen atoms in total. The summed E-state index contributed by atoms with van der Waals surface area (Å²) in [5, 5.41) is 5.25. The van der Waals surface area contributed by atoms with Gasteiger partial charge in [0.1, 0.15) is 11.6 Å². The lowest BCUT2D eigenvalue weighted by Gasteiger charge is -2.30. The Kier molecular flexibility index (Phi) is 6.16. The van der Waals surface area contributed by atoms with E-state index in [-0.39, 0.29) is 11.4 Å². The summed E-state index contributed by atoms with van der Waals surface area (Å²) < 4.78 is 30.5. The average molecular weight is 443 g/mol. The summed E-state index contributed by atoms with van der Waals surface area (Å²) in [5.74, 6) is -1.57. The number of carbonyl (C=O) groups is 1. The highest BCUT2D eigenvalue weighted by molar-refractivity contribution is 6.04. The van der Waals surface area contributed by atoms with E-state index in [1.165, 1.54) is 6.07 Å². The number of nitrogens with zero attached hydrogens (tertiary/aromatic N) is 3. The molecule has 4 rings (SSSR count). The van der Waals surface area contributed by atoms with Gasteiger partial charge < -0.3 is 15.5 Å². The largest absolute Gasteiger partial charge is 0.370 e. The molecule has 0 spiro atoms. The van der Waals surface area contributed by atoms with Gasteiger partial charge in [-0.3, -0.25) is 9.13 Å². The molecule has 0 saturated carbocycles. The fourth-order valence-corrected chi connectivity index (χ4v) is 4.32. The molecule has 1 aliphatic rings. The second-order valence-corrected chi connectivity index (χ2v) is 7.88. The van der Waals surface area contributed by atoms with Crippen molar-refractivity contribution in [2.24, 2.45) is 0 Å². The summed E-state index contributed by atoms with van der Waals surface area (Å²) in [6, 6.07) is 6.08. The van der Waals surface area contributed by atoms with Crippen LogP contribution in [0, 0.1) is 11.6 Å². The SMILES string of the molecule is CCn1c(=O)n(CC)c2cc(N3CCCCC3)c(NC(=O)Nc3ccc(F)cc3F)cc21.